The van der Waals surface area contributed by atoms with Gasteiger partial charge in [-0.3, -0.25) is 0 Å². The summed E-state index contributed by atoms with van der Waals surface area (Å²) in [6, 6.07) is 8.33. The van der Waals surface area contributed by atoms with Crippen molar-refractivity contribution in [3.05, 3.63) is 36.0 Å². The summed E-state index contributed by atoms with van der Waals surface area (Å²) in [7, 11) is 0. The maximum Gasteiger partial charge on any atom is 0.0818 e. The first-order chi connectivity index (χ1) is 8.84. The predicted octanol–water partition coefficient (Wildman–Crippen LogP) is 4.17. The second-order valence-corrected chi connectivity index (χ2v) is 5.52. The van der Waals surface area contributed by atoms with Gasteiger partial charge in [-0.15, -0.1) is 0 Å². The Morgan fingerprint density at radius 2 is 1.83 bits per heavy atom. The van der Waals surface area contributed by atoms with E-state index in [9.17, 15) is 5.11 Å². The number of hydrogen-bond acceptors (Lipinski definition) is 1. The largest absolute Gasteiger partial charge is 0.388 e. The van der Waals surface area contributed by atoms with Crippen LogP contribution in [0.3, 0.4) is 0 Å². The third-order valence-electron chi connectivity index (χ3n) is 4.27. The van der Waals surface area contributed by atoms with Crippen LogP contribution in [-0.2, 0) is 0 Å². The molecule has 0 aliphatic heterocycles. The Kier molecular flexibility index (Phi) is 3.37. The van der Waals surface area contributed by atoms with Gasteiger partial charge in [-0.25, -0.2) is 0 Å². The highest BCUT2D eigenvalue weighted by Crippen LogP contribution is 2.34. The average molecular weight is 243 g/mol. The van der Waals surface area contributed by atoms with Crippen LogP contribution in [0.5, 0.6) is 0 Å². The molecule has 1 unspecified atom stereocenters. The van der Waals surface area contributed by atoms with Crippen molar-refractivity contribution in [2.75, 3.05) is 0 Å². The number of rotatable bonds is 2. The van der Waals surface area contributed by atoms with Crippen LogP contribution in [-0.4, -0.2) is 10.1 Å². The first-order valence-electron chi connectivity index (χ1n) is 7.10. The van der Waals surface area contributed by atoms with Gasteiger partial charge >= 0.3 is 0 Å². The van der Waals surface area contributed by atoms with Crippen LogP contribution in [0.1, 0.15) is 50.2 Å². The fraction of sp³-hybridized carbons (Fsp3) is 0.500. The molecule has 3 rings (SSSR count). The first kappa shape index (κ1) is 11.8. The number of benzene rings is 1. The molecule has 2 aromatic rings. The maximum absolute atomic E-state index is 10.6. The van der Waals surface area contributed by atoms with Crippen LogP contribution < -0.4 is 0 Å². The van der Waals surface area contributed by atoms with E-state index in [1.807, 2.05) is 6.20 Å². The minimum absolute atomic E-state index is 0.289. The van der Waals surface area contributed by atoms with Crippen LogP contribution in [0.25, 0.3) is 10.9 Å². The molecule has 2 nitrogen and oxygen atoms in total. The number of H-pyrrole nitrogens is 1. The number of fused-ring (bicyclic) bond motifs is 1. The number of aromatic amines is 1. The Morgan fingerprint density at radius 3 is 2.61 bits per heavy atom. The maximum atomic E-state index is 10.6. The third-order valence-corrected chi connectivity index (χ3v) is 4.27. The molecule has 1 aliphatic rings. The number of nitrogens with one attached hydrogen (secondary N) is 1. The lowest BCUT2D eigenvalue weighted by atomic mass is 9.89. The van der Waals surface area contributed by atoms with Crippen LogP contribution in [0, 0.1) is 5.92 Å². The lowest BCUT2D eigenvalue weighted by Gasteiger charge is -2.21. The molecule has 1 aromatic carbocycles. The molecule has 2 N–H and O–H groups in total. The zero-order chi connectivity index (χ0) is 12.4. The quantitative estimate of drug-likeness (QED) is 0.763. The standard InChI is InChI=1S/C16H21NO/c18-16(12-5-3-1-2-4-6-12)14-7-8-15-13(11-14)9-10-17-15/h7-12,16-18H,1-6H2. The van der Waals surface area contributed by atoms with Crippen molar-refractivity contribution in [1.82, 2.24) is 4.98 Å². The zero-order valence-corrected chi connectivity index (χ0v) is 10.7. The van der Waals surface area contributed by atoms with E-state index in [-0.39, 0.29) is 6.10 Å². The Morgan fingerprint density at radius 1 is 1.06 bits per heavy atom. The van der Waals surface area contributed by atoms with Gasteiger partial charge in [-0.05, 0) is 47.9 Å². The monoisotopic (exact) mass is 243 g/mol. The smallest absolute Gasteiger partial charge is 0.0818 e. The minimum atomic E-state index is -0.289. The van der Waals surface area contributed by atoms with Gasteiger partial charge in [-0.2, -0.15) is 0 Å². The molecule has 2 heteroatoms. The number of aliphatic hydroxyl groups excluding tert-OH is 1. The van der Waals surface area contributed by atoms with Crippen molar-refractivity contribution in [3.8, 4) is 0 Å². The van der Waals surface area contributed by atoms with Crippen LogP contribution in [0.15, 0.2) is 30.5 Å². The van der Waals surface area contributed by atoms with Gasteiger partial charge in [0.1, 0.15) is 0 Å². The van der Waals surface area contributed by atoms with Gasteiger partial charge < -0.3 is 10.1 Å². The van der Waals surface area contributed by atoms with Crippen LogP contribution in [0.2, 0.25) is 0 Å². The Bertz CT molecular complexity index is 509. The Labute approximate surface area is 108 Å². The van der Waals surface area contributed by atoms with Gasteiger partial charge in [0.05, 0.1) is 6.10 Å². The summed E-state index contributed by atoms with van der Waals surface area (Å²) in [6.07, 6.45) is 9.22. The van der Waals surface area contributed by atoms with E-state index in [4.69, 9.17) is 0 Å². The molecule has 0 amide bonds. The molecule has 1 heterocycles. The zero-order valence-electron chi connectivity index (χ0n) is 10.7. The molecule has 0 radical (unpaired) electrons. The van der Waals surface area contributed by atoms with E-state index in [1.54, 1.807) is 0 Å². The second kappa shape index (κ2) is 5.15. The van der Waals surface area contributed by atoms with E-state index < -0.39 is 0 Å². The van der Waals surface area contributed by atoms with Crippen molar-refractivity contribution >= 4 is 10.9 Å². The summed E-state index contributed by atoms with van der Waals surface area (Å²) in [5.74, 6) is 0.448. The van der Waals surface area contributed by atoms with Gasteiger partial charge in [0, 0.05) is 11.7 Å². The number of aliphatic hydroxyl groups is 1. The van der Waals surface area contributed by atoms with Gasteiger partial charge in [0.2, 0.25) is 0 Å². The Hall–Kier alpha value is -1.28. The molecule has 96 valence electrons. The van der Waals surface area contributed by atoms with Gasteiger partial charge in [0.25, 0.3) is 0 Å². The summed E-state index contributed by atoms with van der Waals surface area (Å²) in [5, 5.41) is 11.8. The van der Waals surface area contributed by atoms with Crippen LogP contribution in [0.4, 0.5) is 0 Å². The summed E-state index contributed by atoms with van der Waals surface area (Å²) in [5.41, 5.74) is 2.22. The molecule has 1 aromatic heterocycles. The second-order valence-electron chi connectivity index (χ2n) is 5.52. The number of hydrogen-bond donors (Lipinski definition) is 2. The molecular formula is C16H21NO. The summed E-state index contributed by atoms with van der Waals surface area (Å²) in [4.78, 5) is 3.19. The van der Waals surface area contributed by atoms with Crippen molar-refractivity contribution < 1.29 is 5.11 Å². The van der Waals surface area contributed by atoms with E-state index >= 15 is 0 Å². The Balaban J connectivity index is 1.83. The topological polar surface area (TPSA) is 36.0 Å². The molecule has 1 aliphatic carbocycles. The molecule has 0 saturated heterocycles. The number of aromatic nitrogens is 1. The van der Waals surface area contributed by atoms with Gasteiger partial charge in [-0.1, -0.05) is 31.7 Å². The highest BCUT2D eigenvalue weighted by atomic mass is 16.3. The minimum Gasteiger partial charge on any atom is -0.388 e. The summed E-state index contributed by atoms with van der Waals surface area (Å²) in [6.45, 7) is 0. The normalized spacial score (nSPS) is 19.8. The lowest BCUT2D eigenvalue weighted by Crippen LogP contribution is -2.11. The summed E-state index contributed by atoms with van der Waals surface area (Å²) >= 11 is 0. The van der Waals surface area contributed by atoms with E-state index in [0.29, 0.717) is 5.92 Å². The van der Waals surface area contributed by atoms with Crippen molar-refractivity contribution in [2.45, 2.75) is 44.6 Å². The highest BCUT2D eigenvalue weighted by Gasteiger charge is 2.22. The van der Waals surface area contributed by atoms with Crippen molar-refractivity contribution in [2.24, 2.45) is 5.92 Å². The summed E-state index contributed by atoms with van der Waals surface area (Å²) < 4.78 is 0. The van der Waals surface area contributed by atoms with E-state index in [0.717, 1.165) is 11.1 Å². The van der Waals surface area contributed by atoms with E-state index in [1.165, 1.54) is 43.9 Å². The average Bonchev–Trinajstić information content (AvgIpc) is 2.69. The van der Waals surface area contributed by atoms with Gasteiger partial charge in [0.15, 0.2) is 0 Å². The first-order valence-corrected chi connectivity index (χ1v) is 7.10. The third kappa shape index (κ3) is 2.30. The molecule has 0 spiro atoms. The molecule has 1 fully saturated rings. The fourth-order valence-electron chi connectivity index (χ4n) is 3.15. The molecule has 0 bridgehead atoms. The molecule has 18 heavy (non-hydrogen) atoms. The SMILES string of the molecule is OC(c1ccc2[nH]ccc2c1)C1CCCCCC1. The lowest BCUT2D eigenvalue weighted by molar-refractivity contribution is 0.0989. The molecule has 1 atom stereocenters. The fourth-order valence-corrected chi connectivity index (χ4v) is 3.15. The molecular weight excluding hydrogens is 222 g/mol. The van der Waals surface area contributed by atoms with Crippen LogP contribution >= 0.6 is 0 Å². The van der Waals surface area contributed by atoms with Crippen molar-refractivity contribution in [1.29, 1.82) is 0 Å². The van der Waals surface area contributed by atoms with Crippen molar-refractivity contribution in [3.63, 3.8) is 0 Å². The highest BCUT2D eigenvalue weighted by molar-refractivity contribution is 5.80. The molecule has 1 saturated carbocycles. The predicted molar refractivity (Wildman–Crippen MR) is 74.5 cm³/mol. The van der Waals surface area contributed by atoms with E-state index in [2.05, 4.69) is 29.2 Å².